The zero-order valence-electron chi connectivity index (χ0n) is 12.4. The Balaban J connectivity index is 4.44. The van der Waals surface area contributed by atoms with Gasteiger partial charge in [0.25, 0.3) is 0 Å². The van der Waals surface area contributed by atoms with Crippen LogP contribution in [-0.4, -0.2) is 29.4 Å². The fourth-order valence-corrected chi connectivity index (χ4v) is 1.55. The highest BCUT2D eigenvalue weighted by molar-refractivity contribution is 5.85. The third-order valence-corrected chi connectivity index (χ3v) is 2.79. The molecule has 0 radical (unpaired) electrons. The summed E-state index contributed by atoms with van der Waals surface area (Å²) in [5.74, 6) is 1.30. The summed E-state index contributed by atoms with van der Waals surface area (Å²) in [7, 11) is 0. The molecule has 2 N–H and O–H groups in total. The predicted octanol–water partition coefficient (Wildman–Crippen LogP) is 2.64. The van der Waals surface area contributed by atoms with Crippen molar-refractivity contribution in [2.24, 2.45) is 17.6 Å². The predicted molar refractivity (Wildman–Crippen MR) is 73.8 cm³/mol. The summed E-state index contributed by atoms with van der Waals surface area (Å²) in [6, 6.07) is 0. The monoisotopic (exact) mass is 242 g/mol. The molecule has 0 aliphatic carbocycles. The van der Waals surface area contributed by atoms with Crippen LogP contribution in [0.2, 0.25) is 0 Å². The van der Waals surface area contributed by atoms with Crippen molar-refractivity contribution in [3.63, 3.8) is 0 Å². The molecule has 0 atom stereocenters. The van der Waals surface area contributed by atoms with Gasteiger partial charge in [0.1, 0.15) is 0 Å². The minimum atomic E-state index is -0.756. The average Bonchev–Trinajstić information content (AvgIpc) is 2.14. The zero-order valence-corrected chi connectivity index (χ0v) is 12.4. The minimum absolute atomic E-state index is 0.0683. The first-order valence-corrected chi connectivity index (χ1v) is 6.72. The summed E-state index contributed by atoms with van der Waals surface area (Å²) < 4.78 is 0. The maximum atomic E-state index is 12.2. The zero-order chi connectivity index (χ0) is 13.6. The molecule has 0 aromatic rings. The van der Waals surface area contributed by atoms with E-state index in [1.54, 1.807) is 13.8 Å². The number of carbonyl (C=O) groups excluding carboxylic acids is 1. The summed E-state index contributed by atoms with van der Waals surface area (Å²) in [6.07, 6.45) is 2.08. The van der Waals surface area contributed by atoms with E-state index in [4.69, 9.17) is 5.73 Å². The Morgan fingerprint density at radius 3 is 1.65 bits per heavy atom. The first kappa shape index (κ1) is 16.4. The van der Waals surface area contributed by atoms with Crippen LogP contribution in [0.3, 0.4) is 0 Å². The van der Waals surface area contributed by atoms with Gasteiger partial charge in [0.2, 0.25) is 5.91 Å². The molecule has 3 heteroatoms. The van der Waals surface area contributed by atoms with Crippen molar-refractivity contribution in [3.05, 3.63) is 0 Å². The summed E-state index contributed by atoms with van der Waals surface area (Å²) in [5, 5.41) is 0. The van der Waals surface area contributed by atoms with Crippen molar-refractivity contribution in [2.45, 2.75) is 59.9 Å². The number of carbonyl (C=O) groups is 1. The molecule has 0 aromatic carbocycles. The molecule has 0 aliphatic heterocycles. The lowest BCUT2D eigenvalue weighted by atomic mass is 10.0. The van der Waals surface area contributed by atoms with E-state index in [1.165, 1.54) is 0 Å². The Bertz CT molecular complexity index is 217. The Morgan fingerprint density at radius 1 is 1.06 bits per heavy atom. The van der Waals surface area contributed by atoms with Crippen molar-refractivity contribution >= 4 is 5.91 Å². The van der Waals surface area contributed by atoms with E-state index in [9.17, 15) is 4.79 Å². The van der Waals surface area contributed by atoms with E-state index in [1.807, 2.05) is 4.90 Å². The molecule has 0 heterocycles. The number of nitrogens with two attached hydrogens (primary N) is 1. The molecule has 0 rings (SSSR count). The van der Waals surface area contributed by atoms with Crippen LogP contribution in [0.25, 0.3) is 0 Å². The molecule has 102 valence electrons. The number of hydrogen-bond acceptors (Lipinski definition) is 2. The molecule has 17 heavy (non-hydrogen) atoms. The topological polar surface area (TPSA) is 46.3 Å². The quantitative estimate of drug-likeness (QED) is 0.746. The lowest BCUT2D eigenvalue weighted by Crippen LogP contribution is -2.51. The molecule has 3 nitrogen and oxygen atoms in total. The van der Waals surface area contributed by atoms with E-state index in [0.29, 0.717) is 11.8 Å². The van der Waals surface area contributed by atoms with Crippen LogP contribution in [0.15, 0.2) is 0 Å². The smallest absolute Gasteiger partial charge is 0.242 e. The second kappa shape index (κ2) is 7.00. The van der Waals surface area contributed by atoms with Gasteiger partial charge in [-0.3, -0.25) is 4.79 Å². The van der Waals surface area contributed by atoms with Crippen molar-refractivity contribution in [2.75, 3.05) is 13.1 Å². The third-order valence-electron chi connectivity index (χ3n) is 2.79. The van der Waals surface area contributed by atoms with Crippen molar-refractivity contribution in [3.8, 4) is 0 Å². The number of amides is 1. The molecular weight excluding hydrogens is 212 g/mol. The Morgan fingerprint density at radius 2 is 1.41 bits per heavy atom. The molecule has 0 bridgehead atoms. The molecule has 0 aliphatic rings. The fourth-order valence-electron chi connectivity index (χ4n) is 1.55. The van der Waals surface area contributed by atoms with E-state index in [-0.39, 0.29) is 5.91 Å². The Labute approximate surface area is 107 Å². The van der Waals surface area contributed by atoms with Crippen LogP contribution in [0.4, 0.5) is 0 Å². The standard InChI is InChI=1S/C14H30N2O/c1-11(2)7-9-16(10-8-12(3)4)13(17)14(5,6)15/h11-12H,7-10,15H2,1-6H3. The van der Waals surface area contributed by atoms with Crippen LogP contribution in [0.5, 0.6) is 0 Å². The maximum Gasteiger partial charge on any atom is 0.242 e. The minimum Gasteiger partial charge on any atom is -0.341 e. The average molecular weight is 242 g/mol. The molecule has 0 saturated carbocycles. The van der Waals surface area contributed by atoms with Gasteiger partial charge in [-0.2, -0.15) is 0 Å². The number of rotatable bonds is 7. The Hall–Kier alpha value is -0.570. The van der Waals surface area contributed by atoms with Crippen LogP contribution in [-0.2, 0) is 4.79 Å². The molecule has 1 amide bonds. The lowest BCUT2D eigenvalue weighted by Gasteiger charge is -2.30. The summed E-state index contributed by atoms with van der Waals surface area (Å²) in [5.41, 5.74) is 5.15. The molecule has 0 spiro atoms. The number of hydrogen-bond donors (Lipinski definition) is 1. The third kappa shape index (κ3) is 7.37. The second-order valence-corrected chi connectivity index (χ2v) is 6.38. The summed E-state index contributed by atoms with van der Waals surface area (Å²) >= 11 is 0. The highest BCUT2D eigenvalue weighted by Crippen LogP contribution is 2.11. The van der Waals surface area contributed by atoms with Crippen LogP contribution < -0.4 is 5.73 Å². The summed E-state index contributed by atoms with van der Waals surface area (Å²) in [4.78, 5) is 14.1. The van der Waals surface area contributed by atoms with E-state index in [0.717, 1.165) is 25.9 Å². The normalized spacial score (nSPS) is 12.3. The highest BCUT2D eigenvalue weighted by atomic mass is 16.2. The maximum absolute atomic E-state index is 12.2. The highest BCUT2D eigenvalue weighted by Gasteiger charge is 2.27. The van der Waals surface area contributed by atoms with Gasteiger partial charge in [0, 0.05) is 13.1 Å². The van der Waals surface area contributed by atoms with Gasteiger partial charge in [-0.15, -0.1) is 0 Å². The van der Waals surface area contributed by atoms with E-state index < -0.39 is 5.54 Å². The van der Waals surface area contributed by atoms with Gasteiger partial charge in [-0.1, -0.05) is 27.7 Å². The van der Waals surface area contributed by atoms with Gasteiger partial charge >= 0.3 is 0 Å². The van der Waals surface area contributed by atoms with Crippen LogP contribution in [0.1, 0.15) is 54.4 Å². The molecule has 0 fully saturated rings. The van der Waals surface area contributed by atoms with Gasteiger partial charge in [-0.05, 0) is 38.5 Å². The van der Waals surface area contributed by atoms with Crippen LogP contribution in [0, 0.1) is 11.8 Å². The van der Waals surface area contributed by atoms with Crippen molar-refractivity contribution < 1.29 is 4.79 Å². The molecule has 0 saturated heterocycles. The van der Waals surface area contributed by atoms with Crippen LogP contribution >= 0.6 is 0 Å². The largest absolute Gasteiger partial charge is 0.341 e. The lowest BCUT2D eigenvalue weighted by molar-refractivity contribution is -0.136. The Kier molecular flexibility index (Phi) is 6.76. The first-order chi connectivity index (χ1) is 7.64. The summed E-state index contributed by atoms with van der Waals surface area (Å²) in [6.45, 7) is 13.9. The van der Waals surface area contributed by atoms with E-state index >= 15 is 0 Å². The second-order valence-electron chi connectivity index (χ2n) is 6.38. The van der Waals surface area contributed by atoms with Gasteiger partial charge < -0.3 is 10.6 Å². The fraction of sp³-hybridized carbons (Fsp3) is 0.929. The van der Waals surface area contributed by atoms with Crippen molar-refractivity contribution in [1.29, 1.82) is 0 Å². The number of nitrogens with zero attached hydrogens (tertiary/aromatic N) is 1. The SMILES string of the molecule is CC(C)CCN(CCC(C)C)C(=O)C(C)(C)N. The van der Waals surface area contributed by atoms with Gasteiger partial charge in [0.05, 0.1) is 5.54 Å². The molecule has 0 unspecified atom stereocenters. The van der Waals surface area contributed by atoms with Gasteiger partial charge in [-0.25, -0.2) is 0 Å². The van der Waals surface area contributed by atoms with Crippen molar-refractivity contribution in [1.82, 2.24) is 4.90 Å². The van der Waals surface area contributed by atoms with E-state index in [2.05, 4.69) is 27.7 Å². The first-order valence-electron chi connectivity index (χ1n) is 6.72. The van der Waals surface area contributed by atoms with Gasteiger partial charge in [0.15, 0.2) is 0 Å². The molecule has 0 aromatic heterocycles. The molecular formula is C14H30N2O.